The van der Waals surface area contributed by atoms with Crippen LogP contribution in [0.1, 0.15) is 23.3 Å². The highest BCUT2D eigenvalue weighted by molar-refractivity contribution is 7.15. The van der Waals surface area contributed by atoms with Crippen molar-refractivity contribution in [3.8, 4) is 10.6 Å². The van der Waals surface area contributed by atoms with Crippen LogP contribution in [0.5, 0.6) is 0 Å². The molecule has 1 aliphatic carbocycles. The number of nitrogens with two attached hydrogens (primary N) is 2. The Morgan fingerprint density at radius 3 is 2.71 bits per heavy atom. The van der Waals surface area contributed by atoms with Crippen LogP contribution in [-0.4, -0.2) is 15.2 Å². The summed E-state index contributed by atoms with van der Waals surface area (Å²) < 4.78 is 0. The number of aromatic nitrogens is 3. The number of rotatable bonds is 1. The van der Waals surface area contributed by atoms with E-state index >= 15 is 0 Å². The monoisotopic (exact) mass is 247 g/mol. The Morgan fingerprint density at radius 2 is 1.94 bits per heavy atom. The molecule has 0 radical (unpaired) electrons. The standard InChI is InChI=1S/C11H13N5S/c12-10-9(15-16-11(13)14-10)8-5-6-3-1-2-4-7(6)17-8/h5H,1-4H2,(H4,12,13,14,16). The average molecular weight is 247 g/mol. The fourth-order valence-corrected chi connectivity index (χ4v) is 3.38. The van der Waals surface area contributed by atoms with Crippen LogP contribution in [0, 0.1) is 0 Å². The lowest BCUT2D eigenvalue weighted by Crippen LogP contribution is -2.03. The van der Waals surface area contributed by atoms with E-state index in [9.17, 15) is 0 Å². The average Bonchev–Trinajstić information content (AvgIpc) is 2.72. The van der Waals surface area contributed by atoms with E-state index in [4.69, 9.17) is 11.5 Å². The normalized spacial score (nSPS) is 14.6. The Morgan fingerprint density at radius 1 is 1.12 bits per heavy atom. The maximum atomic E-state index is 5.82. The Labute approximate surface area is 103 Å². The molecule has 17 heavy (non-hydrogen) atoms. The van der Waals surface area contributed by atoms with Crippen LogP contribution in [-0.2, 0) is 12.8 Å². The summed E-state index contributed by atoms with van der Waals surface area (Å²) in [5.74, 6) is 0.476. The quantitative estimate of drug-likeness (QED) is 0.799. The third kappa shape index (κ3) is 1.84. The molecule has 0 aromatic carbocycles. The highest BCUT2D eigenvalue weighted by Crippen LogP contribution is 2.36. The summed E-state index contributed by atoms with van der Waals surface area (Å²) >= 11 is 1.75. The van der Waals surface area contributed by atoms with E-state index < -0.39 is 0 Å². The van der Waals surface area contributed by atoms with Gasteiger partial charge in [-0.3, -0.25) is 0 Å². The van der Waals surface area contributed by atoms with E-state index in [1.807, 2.05) is 0 Å². The molecule has 2 aromatic heterocycles. The SMILES string of the molecule is Nc1nnc(-c2cc3c(s2)CCCC3)c(N)n1. The third-order valence-corrected chi connectivity index (χ3v) is 4.20. The summed E-state index contributed by atoms with van der Waals surface area (Å²) in [7, 11) is 0. The molecule has 3 rings (SSSR count). The van der Waals surface area contributed by atoms with Crippen LogP contribution in [0.15, 0.2) is 6.07 Å². The van der Waals surface area contributed by atoms with Gasteiger partial charge in [0.15, 0.2) is 5.82 Å². The fourth-order valence-electron chi connectivity index (χ4n) is 2.13. The predicted molar refractivity (Wildman–Crippen MR) is 68.6 cm³/mol. The molecule has 0 amide bonds. The largest absolute Gasteiger partial charge is 0.382 e. The summed E-state index contributed by atoms with van der Waals surface area (Å²) in [5, 5.41) is 7.81. The first-order chi connectivity index (χ1) is 8.24. The molecule has 6 heteroatoms. The first-order valence-electron chi connectivity index (χ1n) is 5.61. The van der Waals surface area contributed by atoms with Crippen molar-refractivity contribution in [1.82, 2.24) is 15.2 Å². The van der Waals surface area contributed by atoms with Crippen LogP contribution in [0.25, 0.3) is 10.6 Å². The third-order valence-electron chi connectivity index (χ3n) is 2.96. The summed E-state index contributed by atoms with van der Waals surface area (Å²) in [5.41, 5.74) is 13.3. The molecule has 0 bridgehead atoms. The van der Waals surface area contributed by atoms with Gasteiger partial charge in [0.25, 0.3) is 0 Å². The fraction of sp³-hybridized carbons (Fsp3) is 0.364. The lowest BCUT2D eigenvalue weighted by atomic mass is 9.99. The molecule has 5 nitrogen and oxygen atoms in total. The van der Waals surface area contributed by atoms with E-state index in [2.05, 4.69) is 21.2 Å². The van der Waals surface area contributed by atoms with E-state index in [1.165, 1.54) is 23.3 Å². The van der Waals surface area contributed by atoms with Gasteiger partial charge in [0, 0.05) is 4.88 Å². The summed E-state index contributed by atoms with van der Waals surface area (Å²) in [4.78, 5) is 6.44. The molecule has 2 aromatic rings. The molecule has 88 valence electrons. The zero-order chi connectivity index (χ0) is 11.8. The number of fused-ring (bicyclic) bond motifs is 1. The molecule has 0 saturated carbocycles. The zero-order valence-corrected chi connectivity index (χ0v) is 10.1. The van der Waals surface area contributed by atoms with Gasteiger partial charge in [-0.25, -0.2) is 0 Å². The molecule has 0 saturated heterocycles. The number of thiophene rings is 1. The number of nitrogen functional groups attached to an aromatic ring is 2. The highest BCUT2D eigenvalue weighted by Gasteiger charge is 2.17. The van der Waals surface area contributed by atoms with E-state index in [0.29, 0.717) is 11.5 Å². The van der Waals surface area contributed by atoms with Crippen molar-refractivity contribution in [3.05, 3.63) is 16.5 Å². The maximum absolute atomic E-state index is 5.82. The van der Waals surface area contributed by atoms with Crippen molar-refractivity contribution >= 4 is 23.1 Å². The van der Waals surface area contributed by atoms with Gasteiger partial charge in [-0.1, -0.05) is 0 Å². The first-order valence-corrected chi connectivity index (χ1v) is 6.43. The van der Waals surface area contributed by atoms with Crippen molar-refractivity contribution in [1.29, 1.82) is 0 Å². The number of hydrogen-bond acceptors (Lipinski definition) is 6. The minimum Gasteiger partial charge on any atom is -0.382 e. The van der Waals surface area contributed by atoms with Crippen molar-refractivity contribution in [2.75, 3.05) is 11.5 Å². The van der Waals surface area contributed by atoms with Gasteiger partial charge >= 0.3 is 0 Å². The molecule has 4 N–H and O–H groups in total. The van der Waals surface area contributed by atoms with Crippen LogP contribution < -0.4 is 11.5 Å². The van der Waals surface area contributed by atoms with Gasteiger partial charge in [-0.15, -0.1) is 21.5 Å². The number of aryl methyl sites for hydroxylation is 2. The Bertz CT molecular complexity index is 539. The molecule has 0 unspecified atom stereocenters. The molecular formula is C11H13N5S. The van der Waals surface area contributed by atoms with Crippen molar-refractivity contribution < 1.29 is 0 Å². The smallest absolute Gasteiger partial charge is 0.242 e. The van der Waals surface area contributed by atoms with Crippen LogP contribution in [0.2, 0.25) is 0 Å². The van der Waals surface area contributed by atoms with E-state index in [0.717, 1.165) is 17.7 Å². The number of anilines is 2. The molecule has 0 atom stereocenters. The summed E-state index contributed by atoms with van der Waals surface area (Å²) in [6.07, 6.45) is 4.86. The lowest BCUT2D eigenvalue weighted by molar-refractivity contribution is 0.697. The molecule has 0 aliphatic heterocycles. The number of hydrogen-bond donors (Lipinski definition) is 2. The van der Waals surface area contributed by atoms with E-state index in [1.54, 1.807) is 11.3 Å². The van der Waals surface area contributed by atoms with Gasteiger partial charge in [-0.05, 0) is 37.3 Å². The summed E-state index contributed by atoms with van der Waals surface area (Å²) in [6, 6.07) is 2.16. The van der Waals surface area contributed by atoms with Crippen LogP contribution in [0.3, 0.4) is 0 Å². The van der Waals surface area contributed by atoms with Gasteiger partial charge in [0.2, 0.25) is 5.95 Å². The second-order valence-electron chi connectivity index (χ2n) is 4.17. The van der Waals surface area contributed by atoms with Gasteiger partial charge in [0.05, 0.1) is 4.88 Å². The minimum absolute atomic E-state index is 0.118. The van der Waals surface area contributed by atoms with Gasteiger partial charge in [0.1, 0.15) is 5.69 Å². The predicted octanol–water partition coefficient (Wildman–Crippen LogP) is 1.64. The molecular weight excluding hydrogens is 234 g/mol. The van der Waals surface area contributed by atoms with Crippen molar-refractivity contribution in [3.63, 3.8) is 0 Å². The molecule has 0 fully saturated rings. The van der Waals surface area contributed by atoms with E-state index in [-0.39, 0.29) is 5.95 Å². The Kier molecular flexibility index (Phi) is 2.44. The number of nitrogens with zero attached hydrogens (tertiary/aromatic N) is 3. The Hall–Kier alpha value is -1.69. The van der Waals surface area contributed by atoms with Crippen LogP contribution in [0.4, 0.5) is 11.8 Å². The van der Waals surface area contributed by atoms with Gasteiger partial charge < -0.3 is 11.5 Å². The van der Waals surface area contributed by atoms with Crippen molar-refractivity contribution in [2.24, 2.45) is 0 Å². The second-order valence-corrected chi connectivity index (χ2v) is 5.31. The first kappa shape index (κ1) is 10.5. The molecule has 0 spiro atoms. The minimum atomic E-state index is 0.118. The maximum Gasteiger partial charge on any atom is 0.242 e. The van der Waals surface area contributed by atoms with Crippen molar-refractivity contribution in [2.45, 2.75) is 25.7 Å². The topological polar surface area (TPSA) is 90.7 Å². The molecule has 1 aliphatic rings. The zero-order valence-electron chi connectivity index (χ0n) is 9.31. The molecule has 2 heterocycles. The van der Waals surface area contributed by atoms with Crippen LogP contribution >= 0.6 is 11.3 Å². The lowest BCUT2D eigenvalue weighted by Gasteiger charge is -2.08. The summed E-state index contributed by atoms with van der Waals surface area (Å²) in [6.45, 7) is 0. The highest BCUT2D eigenvalue weighted by atomic mass is 32.1. The van der Waals surface area contributed by atoms with Gasteiger partial charge in [-0.2, -0.15) is 4.98 Å². The Balaban J connectivity index is 2.06. The second kappa shape index (κ2) is 3.96.